The summed E-state index contributed by atoms with van der Waals surface area (Å²) in [6.45, 7) is 1.62. The summed E-state index contributed by atoms with van der Waals surface area (Å²) in [4.78, 5) is 25.3. The molecule has 0 spiro atoms. The first-order valence-corrected chi connectivity index (χ1v) is 7.87. The highest BCUT2D eigenvalue weighted by molar-refractivity contribution is 5.94. The van der Waals surface area contributed by atoms with Crippen molar-refractivity contribution in [1.29, 1.82) is 0 Å². The molecule has 5 nitrogen and oxygen atoms in total. The fraction of sp³-hybridized carbons (Fsp3) is 0.529. The Labute approximate surface area is 132 Å². The number of benzene rings is 1. The molecule has 1 atom stereocenters. The lowest BCUT2D eigenvalue weighted by atomic mass is 10.1. The van der Waals surface area contributed by atoms with Crippen LogP contribution in [0.15, 0.2) is 24.3 Å². The van der Waals surface area contributed by atoms with E-state index in [1.54, 1.807) is 19.0 Å². The molecule has 1 aromatic carbocycles. The zero-order valence-corrected chi connectivity index (χ0v) is 13.4. The van der Waals surface area contributed by atoms with Gasteiger partial charge >= 0.3 is 0 Å². The second-order valence-electron chi connectivity index (χ2n) is 6.00. The molecule has 0 bridgehead atoms. The van der Waals surface area contributed by atoms with E-state index < -0.39 is 0 Å². The molecule has 1 aliphatic heterocycles. The molecule has 1 aliphatic rings. The normalized spacial score (nSPS) is 17.3. The van der Waals surface area contributed by atoms with E-state index in [1.165, 1.54) is 0 Å². The van der Waals surface area contributed by atoms with Gasteiger partial charge in [0.1, 0.15) is 0 Å². The lowest BCUT2D eigenvalue weighted by Crippen LogP contribution is -2.32. The molecule has 2 amide bonds. The van der Waals surface area contributed by atoms with E-state index in [9.17, 15) is 9.59 Å². The first-order chi connectivity index (χ1) is 10.6. The third-order valence-electron chi connectivity index (χ3n) is 3.91. The molecule has 1 aromatic rings. The average Bonchev–Trinajstić information content (AvgIpc) is 2.99. The first-order valence-electron chi connectivity index (χ1n) is 7.87. The molecule has 0 aliphatic carbocycles. The van der Waals surface area contributed by atoms with Gasteiger partial charge < -0.3 is 15.5 Å². The van der Waals surface area contributed by atoms with Crippen LogP contribution in [0, 0.1) is 0 Å². The van der Waals surface area contributed by atoms with Gasteiger partial charge in [-0.05, 0) is 43.5 Å². The summed E-state index contributed by atoms with van der Waals surface area (Å²) in [7, 11) is 3.48. The predicted molar refractivity (Wildman–Crippen MR) is 86.8 cm³/mol. The van der Waals surface area contributed by atoms with Gasteiger partial charge in [0.2, 0.25) is 5.91 Å². The standard InChI is InChI=1S/C17H25N3O2/c1-20(2)17(22)14-6-3-5-13(11-14)8-10-19-16(21)12-15-7-4-9-18-15/h3,5-6,11,15,18H,4,7-10,12H2,1-2H3,(H,19,21). The van der Waals surface area contributed by atoms with Crippen molar-refractivity contribution in [2.45, 2.75) is 31.7 Å². The van der Waals surface area contributed by atoms with Crippen molar-refractivity contribution in [3.8, 4) is 0 Å². The molecule has 2 rings (SSSR count). The Kier molecular flexibility index (Phi) is 5.95. The maximum atomic E-state index is 11.9. The van der Waals surface area contributed by atoms with Crippen molar-refractivity contribution in [2.24, 2.45) is 0 Å². The summed E-state index contributed by atoms with van der Waals surface area (Å²) < 4.78 is 0. The zero-order chi connectivity index (χ0) is 15.9. The lowest BCUT2D eigenvalue weighted by molar-refractivity contribution is -0.121. The van der Waals surface area contributed by atoms with Crippen molar-refractivity contribution in [3.05, 3.63) is 35.4 Å². The van der Waals surface area contributed by atoms with E-state index in [4.69, 9.17) is 0 Å². The molecule has 1 unspecified atom stereocenters. The summed E-state index contributed by atoms with van der Waals surface area (Å²) in [5.74, 6) is 0.0955. The molecule has 22 heavy (non-hydrogen) atoms. The van der Waals surface area contributed by atoms with E-state index >= 15 is 0 Å². The van der Waals surface area contributed by atoms with Crippen LogP contribution in [0.1, 0.15) is 35.2 Å². The number of carbonyl (C=O) groups is 2. The number of rotatable bonds is 6. The molecule has 0 saturated carbocycles. The SMILES string of the molecule is CN(C)C(=O)c1cccc(CCNC(=O)CC2CCCN2)c1. The van der Waals surface area contributed by atoms with Crippen molar-refractivity contribution in [2.75, 3.05) is 27.2 Å². The minimum atomic E-state index is -0.00167. The van der Waals surface area contributed by atoms with E-state index in [0.29, 0.717) is 24.6 Å². The fourth-order valence-corrected chi connectivity index (χ4v) is 2.69. The Balaban J connectivity index is 1.77. The van der Waals surface area contributed by atoms with Gasteiger partial charge in [-0.2, -0.15) is 0 Å². The van der Waals surface area contributed by atoms with Gasteiger partial charge in [-0.15, -0.1) is 0 Å². The van der Waals surface area contributed by atoms with Crippen LogP contribution in [-0.4, -0.2) is 49.9 Å². The Morgan fingerprint density at radius 3 is 2.86 bits per heavy atom. The highest BCUT2D eigenvalue weighted by atomic mass is 16.2. The summed E-state index contributed by atoms with van der Waals surface area (Å²) in [6.07, 6.45) is 3.53. The van der Waals surface area contributed by atoms with Gasteiger partial charge in [0.05, 0.1) is 0 Å². The molecular formula is C17H25N3O2. The third-order valence-corrected chi connectivity index (χ3v) is 3.91. The quantitative estimate of drug-likeness (QED) is 0.830. The van der Waals surface area contributed by atoms with Crippen molar-refractivity contribution in [3.63, 3.8) is 0 Å². The molecule has 120 valence electrons. The van der Waals surface area contributed by atoms with E-state index in [2.05, 4.69) is 10.6 Å². The summed E-state index contributed by atoms with van der Waals surface area (Å²) in [6, 6.07) is 7.91. The molecule has 2 N–H and O–H groups in total. The minimum absolute atomic E-state index is 0.00167. The number of amides is 2. The van der Waals surface area contributed by atoms with Crippen LogP contribution in [0.25, 0.3) is 0 Å². The molecule has 0 aromatic heterocycles. The van der Waals surface area contributed by atoms with Crippen LogP contribution in [0.2, 0.25) is 0 Å². The predicted octanol–water partition coefficient (Wildman–Crippen LogP) is 1.19. The Morgan fingerprint density at radius 1 is 1.36 bits per heavy atom. The minimum Gasteiger partial charge on any atom is -0.356 e. The number of hydrogen-bond donors (Lipinski definition) is 2. The third kappa shape index (κ3) is 4.84. The van der Waals surface area contributed by atoms with Gasteiger partial charge in [0.25, 0.3) is 5.91 Å². The highest BCUT2D eigenvalue weighted by Crippen LogP contribution is 2.09. The van der Waals surface area contributed by atoms with Gasteiger partial charge in [-0.1, -0.05) is 12.1 Å². The molecule has 0 radical (unpaired) electrons. The molecular weight excluding hydrogens is 278 g/mol. The van der Waals surface area contributed by atoms with Crippen LogP contribution >= 0.6 is 0 Å². The molecule has 5 heteroatoms. The average molecular weight is 303 g/mol. The van der Waals surface area contributed by atoms with Gasteiger partial charge in [0.15, 0.2) is 0 Å². The lowest BCUT2D eigenvalue weighted by Gasteiger charge is -2.12. The number of carbonyl (C=O) groups excluding carboxylic acids is 2. The second kappa shape index (κ2) is 7.94. The smallest absolute Gasteiger partial charge is 0.253 e. The highest BCUT2D eigenvalue weighted by Gasteiger charge is 2.17. The van der Waals surface area contributed by atoms with E-state index in [0.717, 1.165) is 31.4 Å². The van der Waals surface area contributed by atoms with Crippen molar-refractivity contribution in [1.82, 2.24) is 15.5 Å². The fourth-order valence-electron chi connectivity index (χ4n) is 2.69. The maximum Gasteiger partial charge on any atom is 0.253 e. The second-order valence-corrected chi connectivity index (χ2v) is 6.00. The summed E-state index contributed by atoms with van der Waals surface area (Å²) in [5.41, 5.74) is 1.75. The summed E-state index contributed by atoms with van der Waals surface area (Å²) >= 11 is 0. The molecule has 1 fully saturated rings. The topological polar surface area (TPSA) is 61.4 Å². The maximum absolute atomic E-state index is 11.9. The van der Waals surface area contributed by atoms with Crippen molar-refractivity contribution < 1.29 is 9.59 Å². The summed E-state index contributed by atoms with van der Waals surface area (Å²) in [5, 5.41) is 6.28. The van der Waals surface area contributed by atoms with Gasteiger partial charge in [-0.3, -0.25) is 9.59 Å². The van der Waals surface area contributed by atoms with E-state index in [-0.39, 0.29) is 11.8 Å². The van der Waals surface area contributed by atoms with Crippen LogP contribution in [0.3, 0.4) is 0 Å². The van der Waals surface area contributed by atoms with Crippen molar-refractivity contribution >= 4 is 11.8 Å². The van der Waals surface area contributed by atoms with Crippen LogP contribution in [0.5, 0.6) is 0 Å². The first kappa shape index (κ1) is 16.5. The number of nitrogens with zero attached hydrogens (tertiary/aromatic N) is 1. The zero-order valence-electron chi connectivity index (χ0n) is 13.4. The molecule has 1 saturated heterocycles. The molecule has 1 heterocycles. The largest absolute Gasteiger partial charge is 0.356 e. The van der Waals surface area contributed by atoms with Gasteiger partial charge in [0, 0.05) is 38.7 Å². The number of nitrogens with one attached hydrogen (secondary N) is 2. The Bertz CT molecular complexity index is 522. The Hall–Kier alpha value is -1.88. The van der Waals surface area contributed by atoms with Crippen LogP contribution < -0.4 is 10.6 Å². The number of hydrogen-bond acceptors (Lipinski definition) is 3. The van der Waals surface area contributed by atoms with Gasteiger partial charge in [-0.25, -0.2) is 0 Å². The monoisotopic (exact) mass is 303 g/mol. The van der Waals surface area contributed by atoms with Crippen LogP contribution in [-0.2, 0) is 11.2 Å². The van der Waals surface area contributed by atoms with E-state index in [1.807, 2.05) is 24.3 Å². The van der Waals surface area contributed by atoms with Crippen LogP contribution in [0.4, 0.5) is 0 Å². The Morgan fingerprint density at radius 2 is 2.18 bits per heavy atom.